The van der Waals surface area contributed by atoms with Crippen molar-refractivity contribution < 1.29 is 49.6 Å². The van der Waals surface area contributed by atoms with Crippen LogP contribution in [-0.2, 0) is 19.6 Å². The topological polar surface area (TPSA) is 101 Å². The lowest BCUT2D eigenvalue weighted by Gasteiger charge is -2.52. The lowest BCUT2D eigenvalue weighted by molar-refractivity contribution is -0.266. The largest absolute Gasteiger partial charge is 0.444 e. The molecule has 0 aromatic heterocycles. The Hall–Kier alpha value is -1.01. The van der Waals surface area contributed by atoms with E-state index >= 15 is 0 Å². The van der Waals surface area contributed by atoms with Gasteiger partial charge in [-0.3, -0.25) is 9.35 Å². The molecule has 2 bridgehead atoms. The van der Waals surface area contributed by atoms with E-state index in [-0.39, 0.29) is 37.5 Å². The van der Waals surface area contributed by atoms with Gasteiger partial charge in [0.15, 0.2) is 0 Å². The Morgan fingerprint density at radius 3 is 2.18 bits per heavy atom. The van der Waals surface area contributed by atoms with E-state index < -0.39 is 44.6 Å². The molecule has 164 valence electrons. The van der Waals surface area contributed by atoms with Gasteiger partial charge in [0.1, 0.15) is 0 Å². The number of ether oxygens (including phenoxy) is 1. The number of alkyl halides is 5. The van der Waals surface area contributed by atoms with E-state index in [4.69, 9.17) is 4.55 Å². The van der Waals surface area contributed by atoms with E-state index in [9.17, 15) is 40.3 Å². The Morgan fingerprint density at radius 2 is 1.71 bits per heavy atom. The predicted octanol–water partition coefficient (Wildman–Crippen LogP) is 3.30. The standard InChI is InChI=1S/C16H23F5O6S/c1-9(2)10-6-13(4-3-5-14(23,7-10)8-13)12(22)27-11(15(17,18)19)16(20,21)28(24,25)26/h9-11,23H,3-8H2,1-2H3,(H,24,25,26)/t10-,11?,13?,14?/m0/s1. The molecular formula is C16H23F5O6S. The van der Waals surface area contributed by atoms with Crippen molar-refractivity contribution in [2.45, 2.75) is 75.5 Å². The van der Waals surface area contributed by atoms with Crippen LogP contribution in [0.4, 0.5) is 22.0 Å². The predicted molar refractivity (Wildman–Crippen MR) is 85.8 cm³/mol. The zero-order valence-electron chi connectivity index (χ0n) is 15.3. The second-order valence-electron chi connectivity index (χ2n) is 8.31. The number of carbonyl (C=O) groups is 1. The molecule has 0 saturated heterocycles. The Kier molecular flexibility index (Phi) is 5.86. The van der Waals surface area contributed by atoms with Crippen molar-refractivity contribution in [1.82, 2.24) is 0 Å². The van der Waals surface area contributed by atoms with Gasteiger partial charge >= 0.3 is 27.5 Å². The van der Waals surface area contributed by atoms with E-state index in [2.05, 4.69) is 4.74 Å². The van der Waals surface area contributed by atoms with Gasteiger partial charge in [0.2, 0.25) is 0 Å². The average molecular weight is 438 g/mol. The first-order chi connectivity index (χ1) is 12.4. The van der Waals surface area contributed by atoms with E-state index in [1.54, 1.807) is 13.8 Å². The lowest BCUT2D eigenvalue weighted by Crippen LogP contribution is -2.57. The highest BCUT2D eigenvalue weighted by molar-refractivity contribution is 7.86. The van der Waals surface area contributed by atoms with E-state index in [0.29, 0.717) is 12.8 Å². The summed E-state index contributed by atoms with van der Waals surface area (Å²) < 4.78 is 101. The summed E-state index contributed by atoms with van der Waals surface area (Å²) in [4.78, 5) is 12.6. The molecule has 2 aliphatic rings. The van der Waals surface area contributed by atoms with Crippen LogP contribution in [0.3, 0.4) is 0 Å². The fourth-order valence-corrected chi connectivity index (χ4v) is 4.85. The van der Waals surface area contributed by atoms with Crippen LogP contribution in [0, 0.1) is 17.3 Å². The highest BCUT2D eigenvalue weighted by atomic mass is 32.2. The van der Waals surface area contributed by atoms with Crippen molar-refractivity contribution in [1.29, 1.82) is 0 Å². The number of halogens is 5. The third-order valence-electron chi connectivity index (χ3n) is 5.81. The molecule has 6 nitrogen and oxygen atoms in total. The van der Waals surface area contributed by atoms with Gasteiger partial charge in [0.25, 0.3) is 6.10 Å². The van der Waals surface area contributed by atoms with E-state index in [0.717, 1.165) is 0 Å². The van der Waals surface area contributed by atoms with Crippen LogP contribution in [0.2, 0.25) is 0 Å². The first-order valence-electron chi connectivity index (χ1n) is 8.79. The molecule has 3 unspecified atom stereocenters. The van der Waals surface area contributed by atoms with Gasteiger partial charge in [0.05, 0.1) is 11.0 Å². The van der Waals surface area contributed by atoms with Crippen molar-refractivity contribution in [3.63, 3.8) is 0 Å². The zero-order valence-corrected chi connectivity index (χ0v) is 16.1. The fourth-order valence-electron chi connectivity index (χ4n) is 4.40. The lowest BCUT2D eigenvalue weighted by atomic mass is 9.55. The third-order valence-corrected chi connectivity index (χ3v) is 6.71. The minimum atomic E-state index is -6.50. The quantitative estimate of drug-likeness (QED) is 0.388. The van der Waals surface area contributed by atoms with Crippen LogP contribution in [-0.4, -0.2) is 47.2 Å². The molecule has 2 saturated carbocycles. The molecule has 28 heavy (non-hydrogen) atoms. The van der Waals surface area contributed by atoms with Crippen LogP contribution < -0.4 is 0 Å². The smallest absolute Gasteiger partial charge is 0.432 e. The zero-order chi connectivity index (χ0) is 21.8. The molecule has 0 spiro atoms. The van der Waals surface area contributed by atoms with Crippen molar-refractivity contribution in [2.75, 3.05) is 0 Å². The molecule has 0 amide bonds. The number of esters is 1. The summed E-state index contributed by atoms with van der Waals surface area (Å²) in [5.41, 5.74) is -2.96. The molecule has 4 atom stereocenters. The van der Waals surface area contributed by atoms with Crippen molar-refractivity contribution >= 4 is 16.1 Å². The van der Waals surface area contributed by atoms with Crippen LogP contribution in [0.15, 0.2) is 0 Å². The molecule has 2 rings (SSSR count). The van der Waals surface area contributed by atoms with E-state index in [1.165, 1.54) is 0 Å². The fraction of sp³-hybridized carbons (Fsp3) is 0.938. The summed E-state index contributed by atoms with van der Waals surface area (Å²) in [5.74, 6) is -1.92. The molecule has 0 heterocycles. The van der Waals surface area contributed by atoms with Gasteiger partial charge < -0.3 is 9.84 Å². The summed E-state index contributed by atoms with van der Waals surface area (Å²) in [7, 11) is -6.50. The maximum Gasteiger partial charge on any atom is 0.432 e. The Morgan fingerprint density at radius 1 is 1.14 bits per heavy atom. The monoisotopic (exact) mass is 438 g/mol. The minimum Gasteiger partial charge on any atom is -0.444 e. The minimum absolute atomic E-state index is 0.0272. The highest BCUT2D eigenvalue weighted by Crippen LogP contribution is 2.55. The second kappa shape index (κ2) is 7.05. The molecule has 0 radical (unpaired) electrons. The summed E-state index contributed by atoms with van der Waals surface area (Å²) in [6.45, 7) is 3.61. The number of aliphatic hydroxyl groups is 1. The second-order valence-corrected chi connectivity index (χ2v) is 9.81. The van der Waals surface area contributed by atoms with Gasteiger partial charge in [-0.25, -0.2) is 0 Å². The average Bonchev–Trinajstić information content (AvgIpc) is 2.48. The van der Waals surface area contributed by atoms with E-state index in [1.807, 2.05) is 0 Å². The summed E-state index contributed by atoms with van der Waals surface area (Å²) >= 11 is 0. The number of hydrogen-bond donors (Lipinski definition) is 2. The first kappa shape index (κ1) is 23.3. The number of rotatable bonds is 5. The van der Waals surface area contributed by atoms with Crippen LogP contribution >= 0.6 is 0 Å². The molecule has 2 N–H and O–H groups in total. The highest BCUT2D eigenvalue weighted by Gasteiger charge is 2.67. The van der Waals surface area contributed by atoms with Gasteiger partial charge in [-0.05, 0) is 50.4 Å². The van der Waals surface area contributed by atoms with Crippen LogP contribution in [0.25, 0.3) is 0 Å². The maximum absolute atomic E-state index is 13.7. The molecule has 0 aromatic rings. The van der Waals surface area contributed by atoms with Crippen molar-refractivity contribution in [3.8, 4) is 0 Å². The molecular weight excluding hydrogens is 415 g/mol. The Bertz CT molecular complexity index is 722. The van der Waals surface area contributed by atoms with Gasteiger partial charge in [-0.15, -0.1) is 0 Å². The normalized spacial score (nSPS) is 32.9. The van der Waals surface area contributed by atoms with Crippen molar-refractivity contribution in [3.05, 3.63) is 0 Å². The molecule has 0 aliphatic heterocycles. The Labute approximate surface area is 159 Å². The Balaban J connectivity index is 2.39. The molecule has 0 aromatic carbocycles. The first-order valence-corrected chi connectivity index (χ1v) is 10.2. The van der Waals surface area contributed by atoms with Gasteiger partial charge in [-0.2, -0.15) is 30.4 Å². The summed E-state index contributed by atoms with van der Waals surface area (Å²) in [6.07, 6.45) is -9.56. The van der Waals surface area contributed by atoms with Crippen LogP contribution in [0.5, 0.6) is 0 Å². The van der Waals surface area contributed by atoms with Gasteiger partial charge in [0, 0.05) is 0 Å². The maximum atomic E-state index is 13.7. The molecule has 2 fully saturated rings. The molecule has 12 heteroatoms. The van der Waals surface area contributed by atoms with Crippen molar-refractivity contribution in [2.24, 2.45) is 17.3 Å². The SMILES string of the molecule is CC(C)[C@@H]1CC2(O)CCCC(C(=O)OC(C(F)(F)F)C(F)(F)S(=O)(=O)O)(C1)C2. The number of carbonyl (C=O) groups excluding carboxylic acids is 1. The summed E-state index contributed by atoms with van der Waals surface area (Å²) in [5, 5.41) is 4.93. The third kappa shape index (κ3) is 4.28. The van der Waals surface area contributed by atoms with Gasteiger partial charge in [-0.1, -0.05) is 13.8 Å². The number of fused-ring (bicyclic) bond motifs is 2. The summed E-state index contributed by atoms with van der Waals surface area (Å²) in [6, 6.07) is 0. The molecule has 2 aliphatic carbocycles. The number of hydrogen-bond acceptors (Lipinski definition) is 5. The van der Waals surface area contributed by atoms with Crippen LogP contribution in [0.1, 0.15) is 52.4 Å².